The van der Waals surface area contributed by atoms with E-state index in [1.165, 1.54) is 25.2 Å². The second kappa shape index (κ2) is 4.52. The minimum Gasteiger partial charge on any atom is -0.300 e. The topological polar surface area (TPSA) is 40.9 Å². The van der Waals surface area contributed by atoms with Gasteiger partial charge in [0.2, 0.25) is 0 Å². The number of hydrogen-bond acceptors (Lipinski definition) is 2. The SMILES string of the molecule is CC(=O)CC1C=CC(F)=CC1=CC#N. The van der Waals surface area contributed by atoms with Crippen LogP contribution >= 0.6 is 0 Å². The molecule has 0 N–H and O–H groups in total. The fourth-order valence-corrected chi connectivity index (χ4v) is 1.35. The van der Waals surface area contributed by atoms with Crippen LogP contribution in [0.1, 0.15) is 13.3 Å². The number of nitriles is 1. The summed E-state index contributed by atoms with van der Waals surface area (Å²) in [7, 11) is 0. The number of ketones is 1. The predicted octanol–water partition coefficient (Wildman–Crippen LogP) is 2.45. The maximum Gasteiger partial charge on any atom is 0.130 e. The van der Waals surface area contributed by atoms with E-state index in [9.17, 15) is 9.18 Å². The van der Waals surface area contributed by atoms with Gasteiger partial charge in [0.05, 0.1) is 6.07 Å². The van der Waals surface area contributed by atoms with E-state index in [2.05, 4.69) is 0 Å². The van der Waals surface area contributed by atoms with Crippen molar-refractivity contribution >= 4 is 5.78 Å². The average molecular weight is 191 g/mol. The molecule has 0 aromatic rings. The summed E-state index contributed by atoms with van der Waals surface area (Å²) in [6.07, 6.45) is 5.81. The molecule has 14 heavy (non-hydrogen) atoms. The molecule has 0 radical (unpaired) electrons. The van der Waals surface area contributed by atoms with Gasteiger partial charge in [-0.25, -0.2) is 4.39 Å². The van der Waals surface area contributed by atoms with Crippen LogP contribution in [-0.4, -0.2) is 5.78 Å². The van der Waals surface area contributed by atoms with Gasteiger partial charge >= 0.3 is 0 Å². The van der Waals surface area contributed by atoms with Crippen molar-refractivity contribution in [1.29, 1.82) is 5.26 Å². The van der Waals surface area contributed by atoms with E-state index in [0.717, 1.165) is 0 Å². The van der Waals surface area contributed by atoms with Crippen LogP contribution in [0.4, 0.5) is 4.39 Å². The molecule has 0 heterocycles. The Kier molecular flexibility index (Phi) is 3.35. The number of Topliss-reactive ketones (excluding diaryl/α,β-unsaturated/α-hetero) is 1. The lowest BCUT2D eigenvalue weighted by atomic mass is 9.90. The highest BCUT2D eigenvalue weighted by Gasteiger charge is 2.15. The lowest BCUT2D eigenvalue weighted by Gasteiger charge is -2.14. The summed E-state index contributed by atoms with van der Waals surface area (Å²) in [5.74, 6) is -0.517. The Morgan fingerprint density at radius 3 is 3.07 bits per heavy atom. The van der Waals surface area contributed by atoms with E-state index in [0.29, 0.717) is 12.0 Å². The summed E-state index contributed by atoms with van der Waals surface area (Å²) in [4.78, 5) is 10.9. The summed E-state index contributed by atoms with van der Waals surface area (Å²) in [5.41, 5.74) is 0.558. The highest BCUT2D eigenvalue weighted by atomic mass is 19.1. The first kappa shape index (κ1) is 10.4. The molecule has 0 spiro atoms. The molecule has 0 saturated carbocycles. The van der Waals surface area contributed by atoms with Gasteiger partial charge in [-0.2, -0.15) is 5.26 Å². The molecule has 1 atom stereocenters. The quantitative estimate of drug-likeness (QED) is 0.629. The Morgan fingerprint density at radius 2 is 2.50 bits per heavy atom. The number of halogens is 1. The molecule has 1 aliphatic carbocycles. The van der Waals surface area contributed by atoms with Gasteiger partial charge in [0.15, 0.2) is 0 Å². The Balaban J connectivity index is 2.88. The Bertz CT molecular complexity index is 371. The van der Waals surface area contributed by atoms with E-state index < -0.39 is 0 Å². The molecule has 3 heteroatoms. The normalized spacial score (nSPS) is 23.1. The van der Waals surface area contributed by atoms with Gasteiger partial charge in [-0.1, -0.05) is 6.08 Å². The van der Waals surface area contributed by atoms with Crippen molar-refractivity contribution in [3.8, 4) is 6.07 Å². The van der Waals surface area contributed by atoms with Crippen molar-refractivity contribution in [3.05, 3.63) is 35.7 Å². The van der Waals surface area contributed by atoms with Crippen molar-refractivity contribution in [2.24, 2.45) is 5.92 Å². The monoisotopic (exact) mass is 191 g/mol. The Morgan fingerprint density at radius 1 is 1.79 bits per heavy atom. The zero-order chi connectivity index (χ0) is 10.6. The smallest absolute Gasteiger partial charge is 0.130 e. The van der Waals surface area contributed by atoms with Crippen LogP contribution < -0.4 is 0 Å². The third-order valence-corrected chi connectivity index (χ3v) is 1.96. The predicted molar refractivity (Wildman–Crippen MR) is 50.8 cm³/mol. The highest BCUT2D eigenvalue weighted by molar-refractivity contribution is 5.76. The zero-order valence-corrected chi connectivity index (χ0v) is 7.83. The maximum absolute atomic E-state index is 12.8. The molecule has 0 amide bonds. The lowest BCUT2D eigenvalue weighted by Crippen LogP contribution is -2.07. The van der Waals surface area contributed by atoms with Crippen molar-refractivity contribution < 1.29 is 9.18 Å². The van der Waals surface area contributed by atoms with Crippen molar-refractivity contribution in [1.82, 2.24) is 0 Å². The van der Waals surface area contributed by atoms with Crippen LogP contribution in [-0.2, 0) is 4.79 Å². The summed E-state index contributed by atoms with van der Waals surface area (Å²) >= 11 is 0. The summed E-state index contributed by atoms with van der Waals surface area (Å²) in [6, 6.07) is 1.84. The van der Waals surface area contributed by atoms with Crippen LogP contribution in [0.5, 0.6) is 0 Å². The Labute approximate surface area is 82.0 Å². The molecule has 1 aliphatic rings. The van der Waals surface area contributed by atoms with E-state index in [1.807, 2.05) is 6.07 Å². The van der Waals surface area contributed by atoms with Gasteiger partial charge < -0.3 is 0 Å². The van der Waals surface area contributed by atoms with Crippen LogP contribution in [0, 0.1) is 17.2 Å². The number of hydrogen-bond donors (Lipinski definition) is 0. The van der Waals surface area contributed by atoms with Crippen LogP contribution in [0.25, 0.3) is 0 Å². The van der Waals surface area contributed by atoms with Gasteiger partial charge in [0.1, 0.15) is 11.6 Å². The summed E-state index contributed by atoms with van der Waals surface area (Å²) < 4.78 is 12.8. The zero-order valence-electron chi connectivity index (χ0n) is 7.83. The molecular formula is C11H10FNO. The van der Waals surface area contributed by atoms with Crippen molar-refractivity contribution in [2.75, 3.05) is 0 Å². The average Bonchev–Trinajstić information content (AvgIpc) is 2.09. The minimum atomic E-state index is -0.383. The summed E-state index contributed by atoms with van der Waals surface area (Å²) in [5, 5.41) is 8.47. The van der Waals surface area contributed by atoms with E-state index in [-0.39, 0.29) is 17.5 Å². The number of carbonyl (C=O) groups is 1. The fraction of sp³-hybridized carbons (Fsp3) is 0.273. The number of allylic oxidation sites excluding steroid dienone is 6. The molecule has 1 unspecified atom stereocenters. The number of carbonyl (C=O) groups excluding carboxylic acids is 1. The van der Waals surface area contributed by atoms with Gasteiger partial charge in [0, 0.05) is 18.4 Å². The van der Waals surface area contributed by atoms with Crippen molar-refractivity contribution in [2.45, 2.75) is 13.3 Å². The molecule has 2 nitrogen and oxygen atoms in total. The molecule has 72 valence electrons. The molecule has 0 aliphatic heterocycles. The third-order valence-electron chi connectivity index (χ3n) is 1.96. The first-order valence-electron chi connectivity index (χ1n) is 4.28. The molecular weight excluding hydrogens is 181 g/mol. The van der Waals surface area contributed by atoms with E-state index >= 15 is 0 Å². The largest absolute Gasteiger partial charge is 0.300 e. The number of rotatable bonds is 2. The first-order chi connectivity index (χ1) is 6.63. The van der Waals surface area contributed by atoms with Gasteiger partial charge in [0.25, 0.3) is 0 Å². The first-order valence-corrected chi connectivity index (χ1v) is 4.28. The molecule has 0 fully saturated rings. The Hall–Kier alpha value is -1.69. The fourth-order valence-electron chi connectivity index (χ4n) is 1.35. The van der Waals surface area contributed by atoms with Gasteiger partial charge in [-0.05, 0) is 24.6 Å². The van der Waals surface area contributed by atoms with Crippen LogP contribution in [0.2, 0.25) is 0 Å². The molecule has 1 rings (SSSR count). The van der Waals surface area contributed by atoms with Crippen LogP contribution in [0.3, 0.4) is 0 Å². The molecule has 0 saturated heterocycles. The van der Waals surface area contributed by atoms with E-state index in [4.69, 9.17) is 5.26 Å². The minimum absolute atomic E-state index is 0.0270. The van der Waals surface area contributed by atoms with Gasteiger partial charge in [-0.15, -0.1) is 0 Å². The van der Waals surface area contributed by atoms with E-state index in [1.54, 1.807) is 6.08 Å². The summed E-state index contributed by atoms with van der Waals surface area (Å²) in [6.45, 7) is 1.48. The molecule has 0 bridgehead atoms. The van der Waals surface area contributed by atoms with Crippen molar-refractivity contribution in [3.63, 3.8) is 0 Å². The third kappa shape index (κ3) is 2.67. The maximum atomic E-state index is 12.8. The lowest BCUT2D eigenvalue weighted by molar-refractivity contribution is -0.117. The van der Waals surface area contributed by atoms with Gasteiger partial charge in [-0.3, -0.25) is 4.79 Å². The number of nitrogens with zero attached hydrogens (tertiary/aromatic N) is 1. The highest BCUT2D eigenvalue weighted by Crippen LogP contribution is 2.25. The second-order valence-electron chi connectivity index (χ2n) is 3.17. The standard InChI is InChI=1S/C11H10FNO/c1-8(14)6-9-2-3-11(12)7-10(9)4-5-13/h2-4,7,9H,6H2,1H3. The molecule has 0 aromatic carbocycles. The second-order valence-corrected chi connectivity index (χ2v) is 3.17. The molecule has 0 aromatic heterocycles. The van der Waals surface area contributed by atoms with Crippen LogP contribution in [0.15, 0.2) is 35.7 Å².